The number of carbonyl (C=O) groups excluding carboxylic acids is 1. The lowest BCUT2D eigenvalue weighted by atomic mass is 10.1. The van der Waals surface area contributed by atoms with Crippen LogP contribution in [0.4, 0.5) is 5.69 Å². The molecule has 0 radical (unpaired) electrons. The van der Waals surface area contributed by atoms with Gasteiger partial charge in [0, 0.05) is 16.1 Å². The fraction of sp³-hybridized carbons (Fsp3) is 0.0714. The highest BCUT2D eigenvalue weighted by molar-refractivity contribution is 9.10. The molecule has 0 atom stereocenters. The Kier molecular flexibility index (Phi) is 4.59. The molecule has 0 aromatic heterocycles. The van der Waals surface area contributed by atoms with E-state index in [2.05, 4.69) is 15.9 Å². The van der Waals surface area contributed by atoms with Crippen LogP contribution in [-0.4, -0.2) is 10.7 Å². The predicted molar refractivity (Wildman–Crippen MR) is 82.3 cm³/mol. The van der Waals surface area contributed by atoms with E-state index in [4.69, 9.17) is 16.3 Å². The Bertz CT molecular complexity index is 733. The number of hydrogen-bond acceptors (Lipinski definition) is 4. The SMILES string of the molecule is CC(=O)c1ccc(Oc2cc(Br)ccc2Cl)c([N+](=O)[O-])c1. The molecule has 7 heteroatoms. The van der Waals surface area contributed by atoms with Crippen LogP contribution >= 0.6 is 27.5 Å². The van der Waals surface area contributed by atoms with Crippen LogP contribution in [0.1, 0.15) is 17.3 Å². The standard InChI is InChI=1S/C14H9BrClNO4/c1-8(18)9-2-5-13(12(6-9)17(19)20)21-14-7-10(15)3-4-11(14)16/h2-7H,1H3. The lowest BCUT2D eigenvalue weighted by Gasteiger charge is -2.09. The summed E-state index contributed by atoms with van der Waals surface area (Å²) in [7, 11) is 0. The fourth-order valence-electron chi connectivity index (χ4n) is 1.64. The van der Waals surface area contributed by atoms with Gasteiger partial charge < -0.3 is 4.74 Å². The lowest BCUT2D eigenvalue weighted by molar-refractivity contribution is -0.385. The van der Waals surface area contributed by atoms with Gasteiger partial charge in [-0.05, 0) is 37.3 Å². The van der Waals surface area contributed by atoms with E-state index in [0.717, 1.165) is 4.47 Å². The van der Waals surface area contributed by atoms with Crippen LogP contribution in [-0.2, 0) is 0 Å². The van der Waals surface area contributed by atoms with E-state index >= 15 is 0 Å². The molecule has 0 heterocycles. The average molecular weight is 371 g/mol. The summed E-state index contributed by atoms with van der Waals surface area (Å²) in [5, 5.41) is 11.4. The van der Waals surface area contributed by atoms with Crippen molar-refractivity contribution in [2.24, 2.45) is 0 Å². The molecular weight excluding hydrogens is 362 g/mol. The maximum Gasteiger partial charge on any atom is 0.312 e. The average Bonchev–Trinajstić information content (AvgIpc) is 2.42. The fourth-order valence-corrected chi connectivity index (χ4v) is 2.14. The predicted octanol–water partition coefficient (Wildman–Crippen LogP) is 5.01. The molecule has 2 aromatic rings. The van der Waals surface area contributed by atoms with E-state index in [-0.39, 0.29) is 28.5 Å². The molecule has 21 heavy (non-hydrogen) atoms. The first-order valence-corrected chi connectivity index (χ1v) is 6.98. The minimum Gasteiger partial charge on any atom is -0.449 e. The number of halogens is 2. The van der Waals surface area contributed by atoms with E-state index in [1.54, 1.807) is 18.2 Å². The third-order valence-corrected chi connectivity index (χ3v) is 3.48. The van der Waals surface area contributed by atoms with E-state index in [1.807, 2.05) is 0 Å². The van der Waals surface area contributed by atoms with Gasteiger partial charge in [-0.3, -0.25) is 14.9 Å². The normalized spacial score (nSPS) is 10.2. The van der Waals surface area contributed by atoms with Gasteiger partial charge in [-0.15, -0.1) is 0 Å². The first kappa shape index (κ1) is 15.5. The Morgan fingerprint density at radius 3 is 2.57 bits per heavy atom. The summed E-state index contributed by atoms with van der Waals surface area (Å²) in [5.74, 6) is 0.0415. The zero-order chi connectivity index (χ0) is 15.6. The monoisotopic (exact) mass is 369 g/mol. The molecular formula is C14H9BrClNO4. The van der Waals surface area contributed by atoms with Crippen molar-refractivity contribution >= 4 is 39.0 Å². The van der Waals surface area contributed by atoms with Crippen LogP contribution in [0.3, 0.4) is 0 Å². The van der Waals surface area contributed by atoms with Crippen LogP contribution in [0.15, 0.2) is 40.9 Å². The zero-order valence-corrected chi connectivity index (χ0v) is 13.1. The van der Waals surface area contributed by atoms with E-state index in [0.29, 0.717) is 5.02 Å². The molecule has 0 fully saturated rings. The van der Waals surface area contributed by atoms with Gasteiger partial charge in [0.1, 0.15) is 5.75 Å². The molecule has 0 bridgehead atoms. The maximum absolute atomic E-state index is 11.3. The van der Waals surface area contributed by atoms with Crippen LogP contribution in [0.5, 0.6) is 11.5 Å². The number of ketones is 1. The van der Waals surface area contributed by atoms with Crippen LogP contribution < -0.4 is 4.74 Å². The number of nitrogens with zero attached hydrogens (tertiary/aromatic N) is 1. The molecule has 0 amide bonds. The van der Waals surface area contributed by atoms with Crippen molar-refractivity contribution in [1.82, 2.24) is 0 Å². The molecule has 0 unspecified atom stereocenters. The smallest absolute Gasteiger partial charge is 0.312 e. The second-order valence-electron chi connectivity index (χ2n) is 4.17. The van der Waals surface area contributed by atoms with Crippen molar-refractivity contribution < 1.29 is 14.5 Å². The Morgan fingerprint density at radius 2 is 1.95 bits per heavy atom. The van der Waals surface area contributed by atoms with E-state index < -0.39 is 4.92 Å². The first-order chi connectivity index (χ1) is 9.88. The molecule has 0 saturated heterocycles. The largest absolute Gasteiger partial charge is 0.449 e. The minimum absolute atomic E-state index is 0.0185. The van der Waals surface area contributed by atoms with Crippen molar-refractivity contribution in [3.8, 4) is 11.5 Å². The molecule has 2 aromatic carbocycles. The molecule has 0 N–H and O–H groups in total. The van der Waals surface area contributed by atoms with Crippen molar-refractivity contribution in [3.63, 3.8) is 0 Å². The molecule has 0 aliphatic carbocycles. The molecule has 0 spiro atoms. The molecule has 0 aliphatic heterocycles. The number of hydrogen-bond donors (Lipinski definition) is 0. The van der Waals surface area contributed by atoms with Gasteiger partial charge in [0.05, 0.1) is 9.95 Å². The van der Waals surface area contributed by atoms with Crippen LogP contribution in [0, 0.1) is 10.1 Å². The Labute approximate surface area is 133 Å². The zero-order valence-electron chi connectivity index (χ0n) is 10.8. The van der Waals surface area contributed by atoms with Crippen molar-refractivity contribution in [2.75, 3.05) is 0 Å². The maximum atomic E-state index is 11.3. The van der Waals surface area contributed by atoms with Gasteiger partial charge in [-0.1, -0.05) is 27.5 Å². The number of nitro benzene ring substituents is 1. The first-order valence-electron chi connectivity index (χ1n) is 5.81. The summed E-state index contributed by atoms with van der Waals surface area (Å²) in [6, 6.07) is 8.97. The quantitative estimate of drug-likeness (QED) is 0.431. The second-order valence-corrected chi connectivity index (χ2v) is 5.50. The van der Waals surface area contributed by atoms with Crippen molar-refractivity contribution in [3.05, 3.63) is 61.6 Å². The summed E-state index contributed by atoms with van der Waals surface area (Å²) >= 11 is 9.26. The highest BCUT2D eigenvalue weighted by atomic mass is 79.9. The van der Waals surface area contributed by atoms with Gasteiger partial charge in [-0.2, -0.15) is 0 Å². The van der Waals surface area contributed by atoms with Gasteiger partial charge in [0.25, 0.3) is 0 Å². The van der Waals surface area contributed by atoms with Crippen molar-refractivity contribution in [1.29, 1.82) is 0 Å². The lowest BCUT2D eigenvalue weighted by Crippen LogP contribution is -1.98. The number of rotatable bonds is 4. The number of carbonyl (C=O) groups is 1. The molecule has 0 aliphatic rings. The molecule has 108 valence electrons. The van der Waals surface area contributed by atoms with E-state index in [1.165, 1.54) is 25.1 Å². The summed E-state index contributed by atoms with van der Waals surface area (Å²) in [6.45, 7) is 1.34. The van der Waals surface area contributed by atoms with Gasteiger partial charge in [0.2, 0.25) is 5.75 Å². The number of benzene rings is 2. The molecule has 5 nitrogen and oxygen atoms in total. The summed E-state index contributed by atoms with van der Waals surface area (Å²) in [4.78, 5) is 21.8. The number of ether oxygens (including phenoxy) is 1. The topological polar surface area (TPSA) is 69.4 Å². The third-order valence-electron chi connectivity index (χ3n) is 2.68. The molecule has 2 rings (SSSR count). The summed E-state index contributed by atoms with van der Waals surface area (Å²) < 4.78 is 6.23. The number of Topliss-reactive ketones (excluding diaryl/α,β-unsaturated/α-hetero) is 1. The highest BCUT2D eigenvalue weighted by Gasteiger charge is 2.19. The number of nitro groups is 1. The van der Waals surface area contributed by atoms with Gasteiger partial charge in [0.15, 0.2) is 5.78 Å². The summed E-state index contributed by atoms with van der Waals surface area (Å²) in [6.07, 6.45) is 0. The summed E-state index contributed by atoms with van der Waals surface area (Å²) in [5.41, 5.74) is -0.0480. The Morgan fingerprint density at radius 1 is 1.24 bits per heavy atom. The van der Waals surface area contributed by atoms with Crippen molar-refractivity contribution in [2.45, 2.75) is 6.92 Å². The minimum atomic E-state index is -0.604. The second kappa shape index (κ2) is 6.24. The van der Waals surface area contributed by atoms with Gasteiger partial charge >= 0.3 is 5.69 Å². The van der Waals surface area contributed by atoms with Crippen LogP contribution in [0.2, 0.25) is 5.02 Å². The third kappa shape index (κ3) is 3.59. The van der Waals surface area contributed by atoms with E-state index in [9.17, 15) is 14.9 Å². The Balaban J connectivity index is 2.46. The van der Waals surface area contributed by atoms with Crippen LogP contribution in [0.25, 0.3) is 0 Å². The highest BCUT2D eigenvalue weighted by Crippen LogP contribution is 2.36. The molecule has 0 saturated carbocycles. The Hall–Kier alpha value is -1.92. The van der Waals surface area contributed by atoms with Gasteiger partial charge in [-0.25, -0.2) is 0 Å².